The highest BCUT2D eigenvalue weighted by Gasteiger charge is 2.45. The van der Waals surface area contributed by atoms with Crippen molar-refractivity contribution in [1.82, 2.24) is 4.98 Å². The minimum atomic E-state index is -0.948. The summed E-state index contributed by atoms with van der Waals surface area (Å²) in [5.74, 6) is -0.814. The van der Waals surface area contributed by atoms with Crippen molar-refractivity contribution in [2.75, 3.05) is 18.1 Å². The van der Waals surface area contributed by atoms with Gasteiger partial charge in [0.2, 0.25) is 0 Å². The summed E-state index contributed by atoms with van der Waals surface area (Å²) in [6.07, 6.45) is 3.01. The van der Waals surface area contributed by atoms with Crippen LogP contribution in [0.2, 0.25) is 5.02 Å². The van der Waals surface area contributed by atoms with Crippen LogP contribution in [0.1, 0.15) is 31.0 Å². The summed E-state index contributed by atoms with van der Waals surface area (Å²) in [6.45, 7) is 4.56. The monoisotopic (exact) mass is 560 g/mol. The number of aliphatic hydroxyl groups is 1. The highest BCUT2D eigenvalue weighted by Crippen LogP contribution is 2.45. The fourth-order valence-corrected chi connectivity index (χ4v) is 5.69. The Hall–Kier alpha value is -4.14. The third kappa shape index (κ3) is 5.26. The first-order chi connectivity index (χ1) is 18.9. The van der Waals surface area contributed by atoms with Gasteiger partial charge in [-0.15, -0.1) is 0 Å². The number of ether oxygens (including phenoxy) is 2. The van der Waals surface area contributed by atoms with Gasteiger partial charge in [0, 0.05) is 5.02 Å². The van der Waals surface area contributed by atoms with Crippen molar-refractivity contribution in [3.8, 4) is 11.5 Å². The molecule has 1 N–H and O–H groups in total. The van der Waals surface area contributed by atoms with E-state index in [9.17, 15) is 14.7 Å². The summed E-state index contributed by atoms with van der Waals surface area (Å²) in [5, 5.41) is 11.9. The first-order valence-corrected chi connectivity index (χ1v) is 13.6. The summed E-state index contributed by atoms with van der Waals surface area (Å²) in [6, 6.07) is 18.8. The molecule has 1 aliphatic heterocycles. The number of rotatable bonds is 9. The fourth-order valence-electron chi connectivity index (χ4n) is 4.42. The topological polar surface area (TPSA) is 89.0 Å². The van der Waals surface area contributed by atoms with Gasteiger partial charge >= 0.3 is 0 Å². The lowest BCUT2D eigenvalue weighted by Crippen LogP contribution is -2.30. The van der Waals surface area contributed by atoms with E-state index in [0.29, 0.717) is 45.9 Å². The molecule has 1 aromatic heterocycles. The number of hydrogen-bond acceptors (Lipinski definition) is 7. The predicted molar refractivity (Wildman–Crippen MR) is 154 cm³/mol. The molecular formula is C30H25ClN2O5S. The Morgan fingerprint density at radius 2 is 1.79 bits per heavy atom. The van der Waals surface area contributed by atoms with Crippen LogP contribution in [-0.4, -0.2) is 35.0 Å². The average molecular weight is 561 g/mol. The van der Waals surface area contributed by atoms with Gasteiger partial charge in [-0.25, -0.2) is 4.98 Å². The zero-order chi connectivity index (χ0) is 27.5. The molecule has 0 saturated heterocycles. The van der Waals surface area contributed by atoms with Crippen LogP contribution < -0.4 is 14.4 Å². The largest absolute Gasteiger partial charge is 0.503 e. The molecule has 1 aliphatic rings. The van der Waals surface area contributed by atoms with Crippen LogP contribution in [0.15, 0.2) is 84.1 Å². The van der Waals surface area contributed by atoms with Crippen molar-refractivity contribution in [1.29, 1.82) is 0 Å². The Bertz CT molecular complexity index is 1610. The van der Waals surface area contributed by atoms with E-state index in [1.165, 1.54) is 22.3 Å². The number of thiazole rings is 1. The molecule has 9 heteroatoms. The van der Waals surface area contributed by atoms with Crippen molar-refractivity contribution in [3.05, 3.63) is 100 Å². The maximum atomic E-state index is 13.6. The molecule has 3 aromatic carbocycles. The zero-order valence-corrected chi connectivity index (χ0v) is 22.8. The van der Waals surface area contributed by atoms with Crippen molar-refractivity contribution in [3.63, 3.8) is 0 Å². The Morgan fingerprint density at radius 1 is 1.05 bits per heavy atom. The molecule has 4 aromatic rings. The smallest absolute Gasteiger partial charge is 0.296 e. The second-order valence-corrected chi connectivity index (χ2v) is 10.1. The quantitative estimate of drug-likeness (QED) is 0.223. The molecule has 0 fully saturated rings. The van der Waals surface area contributed by atoms with Gasteiger partial charge in [-0.05, 0) is 61.4 Å². The molecule has 0 spiro atoms. The Morgan fingerprint density at radius 3 is 2.54 bits per heavy atom. The molecule has 1 atom stereocenters. The van der Waals surface area contributed by atoms with Crippen molar-refractivity contribution in [2.24, 2.45) is 0 Å². The molecule has 1 unspecified atom stereocenters. The Labute approximate surface area is 234 Å². The number of carbonyl (C=O) groups excluding carboxylic acids is 2. The van der Waals surface area contributed by atoms with Gasteiger partial charge in [0.15, 0.2) is 28.2 Å². The number of halogens is 1. The lowest BCUT2D eigenvalue weighted by atomic mass is 9.95. The van der Waals surface area contributed by atoms with Gasteiger partial charge in [-0.1, -0.05) is 65.4 Å². The second kappa shape index (κ2) is 11.3. The Balaban J connectivity index is 1.63. The van der Waals surface area contributed by atoms with Gasteiger partial charge < -0.3 is 14.6 Å². The first kappa shape index (κ1) is 26.5. The standard InChI is InChI=1S/C30H25ClN2O5S/c1-3-37-23-15-11-19(16-24(23)38-4-2)27-26(22(34)14-10-18-8-6-5-7-9-18)28(35)29(36)33(27)30-32-21-13-12-20(31)17-25(21)39-30/h5-17,27,35H,3-4H2,1-2H3. The Kier molecular flexibility index (Phi) is 7.67. The van der Waals surface area contributed by atoms with Crippen molar-refractivity contribution < 1.29 is 24.2 Å². The number of fused-ring (bicyclic) bond motifs is 1. The number of carbonyl (C=O) groups is 2. The van der Waals surface area contributed by atoms with E-state index in [4.69, 9.17) is 21.1 Å². The number of nitrogens with zero attached hydrogens (tertiary/aromatic N) is 2. The van der Waals surface area contributed by atoms with Crippen LogP contribution in [0.3, 0.4) is 0 Å². The van der Waals surface area contributed by atoms with Crippen LogP contribution in [0, 0.1) is 0 Å². The number of amides is 1. The maximum absolute atomic E-state index is 13.6. The molecule has 2 heterocycles. The SMILES string of the molecule is CCOc1ccc(C2C(C(=O)C=Cc3ccccc3)=C(O)C(=O)N2c2nc3ccc(Cl)cc3s2)cc1OCC. The predicted octanol–water partition coefficient (Wildman–Crippen LogP) is 6.93. The van der Waals surface area contributed by atoms with Gasteiger partial charge in [-0.3, -0.25) is 14.5 Å². The van der Waals surface area contributed by atoms with Gasteiger partial charge in [0.05, 0.1) is 35.0 Å². The van der Waals surface area contributed by atoms with Crippen molar-refractivity contribution >= 4 is 56.1 Å². The van der Waals surface area contributed by atoms with Crippen LogP contribution in [0.5, 0.6) is 11.5 Å². The number of allylic oxidation sites excluding steroid dienone is 1. The highest BCUT2D eigenvalue weighted by atomic mass is 35.5. The van der Waals surface area contributed by atoms with E-state index in [1.807, 2.05) is 44.2 Å². The minimum Gasteiger partial charge on any atom is -0.503 e. The third-order valence-corrected chi connectivity index (χ3v) is 7.38. The van der Waals surface area contributed by atoms with E-state index in [1.54, 1.807) is 42.5 Å². The van der Waals surface area contributed by atoms with Gasteiger partial charge in [-0.2, -0.15) is 0 Å². The zero-order valence-electron chi connectivity index (χ0n) is 21.3. The van der Waals surface area contributed by atoms with Crippen molar-refractivity contribution in [2.45, 2.75) is 19.9 Å². The number of benzene rings is 3. The molecule has 7 nitrogen and oxygen atoms in total. The van der Waals surface area contributed by atoms with E-state index < -0.39 is 23.5 Å². The number of ketones is 1. The molecule has 5 rings (SSSR count). The number of aromatic nitrogens is 1. The molecule has 0 bridgehead atoms. The molecular weight excluding hydrogens is 536 g/mol. The minimum absolute atomic E-state index is 0.0453. The normalized spacial score (nSPS) is 15.5. The second-order valence-electron chi connectivity index (χ2n) is 8.63. The maximum Gasteiger partial charge on any atom is 0.296 e. The summed E-state index contributed by atoms with van der Waals surface area (Å²) < 4.78 is 12.3. The molecule has 198 valence electrons. The fraction of sp³-hybridized carbons (Fsp3) is 0.167. The highest BCUT2D eigenvalue weighted by molar-refractivity contribution is 7.22. The lowest BCUT2D eigenvalue weighted by Gasteiger charge is -2.25. The van der Waals surface area contributed by atoms with Crippen LogP contribution in [0.25, 0.3) is 16.3 Å². The van der Waals surface area contributed by atoms with E-state index in [-0.39, 0.29) is 5.57 Å². The number of anilines is 1. The van der Waals surface area contributed by atoms with Crippen LogP contribution >= 0.6 is 22.9 Å². The van der Waals surface area contributed by atoms with Gasteiger partial charge in [0.1, 0.15) is 0 Å². The summed E-state index contributed by atoms with van der Waals surface area (Å²) >= 11 is 7.42. The molecule has 0 radical (unpaired) electrons. The van der Waals surface area contributed by atoms with Crippen LogP contribution in [-0.2, 0) is 9.59 Å². The van der Waals surface area contributed by atoms with E-state index >= 15 is 0 Å². The third-order valence-electron chi connectivity index (χ3n) is 6.13. The number of hydrogen-bond donors (Lipinski definition) is 1. The number of aliphatic hydroxyl groups excluding tert-OH is 1. The summed E-state index contributed by atoms with van der Waals surface area (Å²) in [4.78, 5) is 33.1. The van der Waals surface area contributed by atoms with E-state index in [0.717, 1.165) is 10.3 Å². The van der Waals surface area contributed by atoms with E-state index in [2.05, 4.69) is 4.98 Å². The first-order valence-electron chi connectivity index (χ1n) is 12.4. The molecule has 1 amide bonds. The molecule has 0 aliphatic carbocycles. The van der Waals surface area contributed by atoms with Crippen LogP contribution in [0.4, 0.5) is 5.13 Å². The summed E-state index contributed by atoms with van der Waals surface area (Å²) in [5.41, 5.74) is 1.98. The molecule has 39 heavy (non-hydrogen) atoms. The molecule has 0 saturated carbocycles. The average Bonchev–Trinajstić information content (AvgIpc) is 3.46. The summed E-state index contributed by atoms with van der Waals surface area (Å²) in [7, 11) is 0. The van der Waals surface area contributed by atoms with Gasteiger partial charge in [0.25, 0.3) is 5.91 Å². The lowest BCUT2D eigenvalue weighted by molar-refractivity contribution is -0.117.